The normalized spacial score (nSPS) is 46.0. The van der Waals surface area contributed by atoms with Gasteiger partial charge in [-0.3, -0.25) is 14.5 Å². The summed E-state index contributed by atoms with van der Waals surface area (Å²) in [5.74, 6) is 1.29. The molecule has 0 radical (unpaired) electrons. The minimum Gasteiger partial charge on any atom is -0.458 e. The van der Waals surface area contributed by atoms with Crippen LogP contribution in [-0.4, -0.2) is 47.7 Å². The summed E-state index contributed by atoms with van der Waals surface area (Å²) in [6.45, 7) is 7.63. The molecule has 2 saturated carbocycles. The fraction of sp³-hybridized carbons (Fsp3) is 0.900. The third kappa shape index (κ3) is 2.61. The van der Waals surface area contributed by atoms with Gasteiger partial charge in [0, 0.05) is 31.2 Å². The van der Waals surface area contributed by atoms with E-state index < -0.39 is 0 Å². The fourth-order valence-electron chi connectivity index (χ4n) is 7.03. The van der Waals surface area contributed by atoms with E-state index in [1.807, 2.05) is 0 Å². The third-order valence-electron chi connectivity index (χ3n) is 7.37. The number of carbonyl (C=O) groups excluding carboxylic acids is 2. The van der Waals surface area contributed by atoms with Crippen molar-refractivity contribution >= 4 is 11.9 Å². The van der Waals surface area contributed by atoms with Crippen molar-refractivity contribution < 1.29 is 19.1 Å². The highest BCUT2D eigenvalue weighted by Crippen LogP contribution is 2.61. The Balaban J connectivity index is 1.80. The van der Waals surface area contributed by atoms with Crippen molar-refractivity contribution in [2.24, 2.45) is 23.7 Å². The van der Waals surface area contributed by atoms with E-state index in [2.05, 4.69) is 11.8 Å². The van der Waals surface area contributed by atoms with Crippen LogP contribution in [0, 0.1) is 23.7 Å². The monoisotopic (exact) mass is 349 g/mol. The highest BCUT2D eigenvalue weighted by molar-refractivity contribution is 5.67. The minimum atomic E-state index is -0.281. The number of carbonyl (C=O) groups is 2. The van der Waals surface area contributed by atoms with E-state index in [9.17, 15) is 9.59 Å². The highest BCUT2D eigenvalue weighted by Gasteiger charge is 2.66. The van der Waals surface area contributed by atoms with Crippen LogP contribution in [0.25, 0.3) is 0 Å². The standard InChI is InChI=1S/C20H31NO4/c1-12-10-15-16-6-4-8-21-9-5-7-17(20(16,21)11-12)19(25-14(3)23)18(15)24-13(2)22/h12,15-19H,4-11H2,1-3H3/t12-,15-,16-,17-,18+,19+,20-/m1/s1. The van der Waals surface area contributed by atoms with E-state index in [4.69, 9.17) is 9.47 Å². The summed E-state index contributed by atoms with van der Waals surface area (Å²) >= 11 is 0. The van der Waals surface area contributed by atoms with E-state index in [-0.39, 0.29) is 29.7 Å². The summed E-state index contributed by atoms with van der Waals surface area (Å²) in [6.07, 6.45) is 6.38. The molecule has 0 amide bonds. The van der Waals surface area contributed by atoms with Gasteiger partial charge in [-0.2, -0.15) is 0 Å². The van der Waals surface area contributed by atoms with Crippen LogP contribution < -0.4 is 0 Å². The van der Waals surface area contributed by atoms with Crippen LogP contribution in [0.2, 0.25) is 0 Å². The largest absolute Gasteiger partial charge is 0.458 e. The molecule has 1 spiro atoms. The summed E-state index contributed by atoms with van der Waals surface area (Å²) in [4.78, 5) is 26.4. The second-order valence-electron chi connectivity index (χ2n) is 8.83. The van der Waals surface area contributed by atoms with Crippen LogP contribution in [0.4, 0.5) is 0 Å². The summed E-state index contributed by atoms with van der Waals surface area (Å²) < 4.78 is 11.7. The topological polar surface area (TPSA) is 55.8 Å². The molecule has 25 heavy (non-hydrogen) atoms. The van der Waals surface area contributed by atoms with Gasteiger partial charge in [0.15, 0.2) is 0 Å². The highest BCUT2D eigenvalue weighted by atomic mass is 16.6. The minimum absolute atomic E-state index is 0.148. The Bertz CT molecular complexity index is 562. The molecule has 2 bridgehead atoms. The van der Waals surface area contributed by atoms with Gasteiger partial charge in [0.05, 0.1) is 0 Å². The van der Waals surface area contributed by atoms with Crippen LogP contribution in [0.5, 0.6) is 0 Å². The van der Waals surface area contributed by atoms with E-state index in [0.717, 1.165) is 32.4 Å². The van der Waals surface area contributed by atoms with Gasteiger partial charge < -0.3 is 9.47 Å². The lowest BCUT2D eigenvalue weighted by Gasteiger charge is -2.68. The predicted molar refractivity (Wildman–Crippen MR) is 92.7 cm³/mol. The molecule has 4 fully saturated rings. The maximum Gasteiger partial charge on any atom is 0.303 e. The number of ether oxygens (including phenoxy) is 2. The van der Waals surface area contributed by atoms with Crippen molar-refractivity contribution in [2.45, 2.75) is 77.0 Å². The maximum absolute atomic E-state index is 11.9. The number of piperidine rings is 2. The zero-order chi connectivity index (χ0) is 17.8. The lowest BCUT2D eigenvalue weighted by molar-refractivity contribution is -0.248. The molecule has 4 rings (SSSR count). The first-order chi connectivity index (χ1) is 11.9. The number of nitrogens with zero attached hydrogens (tertiary/aromatic N) is 1. The van der Waals surface area contributed by atoms with Crippen LogP contribution in [0.15, 0.2) is 0 Å². The fourth-order valence-corrected chi connectivity index (χ4v) is 7.03. The van der Waals surface area contributed by atoms with Gasteiger partial charge in [-0.05, 0) is 63.5 Å². The maximum atomic E-state index is 11.9. The molecule has 140 valence electrons. The van der Waals surface area contributed by atoms with E-state index >= 15 is 0 Å². The lowest BCUT2D eigenvalue weighted by Crippen LogP contribution is -2.75. The average Bonchev–Trinajstić information content (AvgIpc) is 2.53. The van der Waals surface area contributed by atoms with Gasteiger partial charge >= 0.3 is 11.9 Å². The Morgan fingerprint density at radius 3 is 2.20 bits per heavy atom. The lowest BCUT2D eigenvalue weighted by atomic mass is 9.47. The summed E-state index contributed by atoms with van der Waals surface area (Å²) in [6, 6.07) is 0. The molecule has 0 unspecified atom stereocenters. The van der Waals surface area contributed by atoms with Crippen LogP contribution >= 0.6 is 0 Å². The molecule has 2 saturated heterocycles. The van der Waals surface area contributed by atoms with Gasteiger partial charge in [-0.25, -0.2) is 0 Å². The van der Waals surface area contributed by atoms with E-state index in [0.29, 0.717) is 23.7 Å². The number of rotatable bonds is 2. The van der Waals surface area contributed by atoms with Crippen molar-refractivity contribution in [3.63, 3.8) is 0 Å². The zero-order valence-corrected chi connectivity index (χ0v) is 15.7. The molecule has 7 atom stereocenters. The molecular weight excluding hydrogens is 318 g/mol. The molecule has 2 aliphatic heterocycles. The second kappa shape index (κ2) is 6.26. The summed E-state index contributed by atoms with van der Waals surface area (Å²) in [7, 11) is 0. The Hall–Kier alpha value is -1.10. The summed E-state index contributed by atoms with van der Waals surface area (Å²) in [5, 5.41) is 0. The SMILES string of the molecule is CC(=O)O[C@@H]1[C@@H](OC(C)=O)[C@@H]2C[C@@H](C)C[C@]34[C@@H]2CCCN3CCC[C@H]14. The van der Waals surface area contributed by atoms with Crippen molar-refractivity contribution in [3.8, 4) is 0 Å². The predicted octanol–water partition coefficient (Wildman–Crippen LogP) is 2.77. The van der Waals surface area contributed by atoms with Crippen molar-refractivity contribution in [1.29, 1.82) is 0 Å². The van der Waals surface area contributed by atoms with Crippen LogP contribution in [-0.2, 0) is 19.1 Å². The van der Waals surface area contributed by atoms with Gasteiger partial charge in [-0.15, -0.1) is 0 Å². The molecule has 0 aromatic heterocycles. The van der Waals surface area contributed by atoms with Gasteiger partial charge in [-0.1, -0.05) is 6.92 Å². The molecule has 0 N–H and O–H groups in total. The van der Waals surface area contributed by atoms with Crippen LogP contribution in [0.3, 0.4) is 0 Å². The first kappa shape index (κ1) is 17.3. The zero-order valence-electron chi connectivity index (χ0n) is 15.7. The van der Waals surface area contributed by atoms with E-state index in [1.54, 1.807) is 0 Å². The quantitative estimate of drug-likeness (QED) is 0.718. The molecule has 0 aromatic rings. The Labute approximate surface area is 150 Å². The molecular formula is C20H31NO4. The molecule has 2 heterocycles. The Morgan fingerprint density at radius 2 is 1.56 bits per heavy atom. The molecule has 5 heteroatoms. The molecule has 4 aliphatic rings. The third-order valence-corrected chi connectivity index (χ3v) is 7.37. The average molecular weight is 349 g/mol. The van der Waals surface area contributed by atoms with Crippen molar-refractivity contribution in [3.05, 3.63) is 0 Å². The van der Waals surface area contributed by atoms with Gasteiger partial charge in [0.25, 0.3) is 0 Å². The first-order valence-electron chi connectivity index (χ1n) is 10.0. The van der Waals surface area contributed by atoms with Crippen molar-refractivity contribution in [2.75, 3.05) is 13.1 Å². The van der Waals surface area contributed by atoms with E-state index in [1.165, 1.54) is 33.1 Å². The van der Waals surface area contributed by atoms with Crippen molar-refractivity contribution in [1.82, 2.24) is 4.90 Å². The summed E-state index contributed by atoms with van der Waals surface area (Å²) in [5.41, 5.74) is 0.148. The second-order valence-corrected chi connectivity index (χ2v) is 8.83. The number of hydrogen-bond donors (Lipinski definition) is 0. The van der Waals surface area contributed by atoms with Gasteiger partial charge in [0.2, 0.25) is 0 Å². The first-order valence-corrected chi connectivity index (χ1v) is 10.0. The molecule has 2 aliphatic carbocycles. The smallest absolute Gasteiger partial charge is 0.303 e. The van der Waals surface area contributed by atoms with Gasteiger partial charge in [0.1, 0.15) is 12.2 Å². The number of esters is 2. The number of hydrogen-bond acceptors (Lipinski definition) is 5. The Kier molecular flexibility index (Phi) is 4.33. The molecule has 0 aromatic carbocycles. The Morgan fingerprint density at radius 1 is 0.960 bits per heavy atom. The molecule has 5 nitrogen and oxygen atoms in total. The van der Waals surface area contributed by atoms with Crippen LogP contribution in [0.1, 0.15) is 59.3 Å².